The largest absolute Gasteiger partial charge is 0.350 e. The van der Waals surface area contributed by atoms with Crippen LogP contribution in [0.4, 0.5) is 5.95 Å². The zero-order valence-electron chi connectivity index (χ0n) is 15.1. The van der Waals surface area contributed by atoms with E-state index >= 15 is 0 Å². The normalized spacial score (nSPS) is 16.9. The van der Waals surface area contributed by atoms with Gasteiger partial charge in [0.1, 0.15) is 0 Å². The van der Waals surface area contributed by atoms with Crippen LogP contribution in [0, 0.1) is 6.92 Å². The van der Waals surface area contributed by atoms with Crippen LogP contribution in [0.5, 0.6) is 0 Å². The molecule has 1 unspecified atom stereocenters. The van der Waals surface area contributed by atoms with Crippen molar-refractivity contribution in [2.24, 2.45) is 0 Å². The van der Waals surface area contributed by atoms with Crippen molar-refractivity contribution in [1.82, 2.24) is 29.9 Å². The van der Waals surface area contributed by atoms with Crippen LogP contribution in [0.3, 0.4) is 0 Å². The van der Waals surface area contributed by atoms with E-state index in [-0.39, 0.29) is 11.9 Å². The predicted molar refractivity (Wildman–Crippen MR) is 101 cm³/mol. The summed E-state index contributed by atoms with van der Waals surface area (Å²) >= 11 is 0. The minimum atomic E-state index is -0.0146. The number of benzene rings is 1. The number of para-hydroxylation sites is 1. The van der Waals surface area contributed by atoms with Gasteiger partial charge >= 0.3 is 0 Å². The summed E-state index contributed by atoms with van der Waals surface area (Å²) in [6.07, 6.45) is 8.68. The van der Waals surface area contributed by atoms with Gasteiger partial charge in [0.05, 0.1) is 23.6 Å². The lowest BCUT2D eigenvalue weighted by Gasteiger charge is -2.33. The molecule has 1 atom stereocenters. The number of aryl methyl sites for hydroxylation is 1. The lowest BCUT2D eigenvalue weighted by molar-refractivity contribution is 0.0714. The molecule has 8 heteroatoms. The first kappa shape index (κ1) is 17.1. The predicted octanol–water partition coefficient (Wildman–Crippen LogP) is 2.08. The Kier molecular flexibility index (Phi) is 4.78. The lowest BCUT2D eigenvalue weighted by atomic mass is 10.0. The quantitative estimate of drug-likeness (QED) is 0.763. The van der Waals surface area contributed by atoms with E-state index in [2.05, 4.69) is 25.5 Å². The Bertz CT molecular complexity index is 908. The van der Waals surface area contributed by atoms with Gasteiger partial charge in [-0.25, -0.2) is 9.97 Å². The maximum atomic E-state index is 13.2. The molecule has 1 aliphatic heterocycles. The molecule has 0 spiro atoms. The van der Waals surface area contributed by atoms with Crippen LogP contribution in [0.15, 0.2) is 49.1 Å². The molecular weight excluding hydrogens is 342 g/mol. The van der Waals surface area contributed by atoms with Crippen LogP contribution in [-0.4, -0.2) is 54.9 Å². The highest BCUT2D eigenvalue weighted by molar-refractivity contribution is 5.97. The van der Waals surface area contributed by atoms with Gasteiger partial charge in [-0.3, -0.25) is 4.79 Å². The van der Waals surface area contributed by atoms with E-state index in [1.54, 1.807) is 24.8 Å². The number of aromatic nitrogens is 5. The summed E-state index contributed by atoms with van der Waals surface area (Å²) in [7, 11) is 0. The minimum absolute atomic E-state index is 0.0146. The van der Waals surface area contributed by atoms with Crippen molar-refractivity contribution in [3.05, 3.63) is 60.2 Å². The molecule has 1 fully saturated rings. The van der Waals surface area contributed by atoms with E-state index in [1.807, 2.05) is 36.1 Å². The molecule has 1 aliphatic rings. The SMILES string of the molecule is Cc1cnc(NC2CCCN(C(=O)c3ccccc3-n3nccn3)C2)nc1. The maximum absolute atomic E-state index is 13.2. The van der Waals surface area contributed by atoms with E-state index in [1.165, 1.54) is 4.80 Å². The van der Waals surface area contributed by atoms with Crippen LogP contribution in [-0.2, 0) is 0 Å². The molecule has 1 saturated heterocycles. The topological polar surface area (TPSA) is 88.8 Å². The number of piperidine rings is 1. The standard InChI is InChI=1S/C19H21N7O/c1-14-11-20-19(21-12-14)24-15-5-4-10-25(13-15)18(27)16-6-2-3-7-17(16)26-22-8-9-23-26/h2-3,6-9,11-12,15H,4-5,10,13H2,1H3,(H,20,21,24). The highest BCUT2D eigenvalue weighted by atomic mass is 16.2. The van der Waals surface area contributed by atoms with E-state index in [9.17, 15) is 4.79 Å². The van der Waals surface area contributed by atoms with Crippen LogP contribution in [0.25, 0.3) is 5.69 Å². The number of likely N-dealkylation sites (tertiary alicyclic amines) is 1. The van der Waals surface area contributed by atoms with Crippen LogP contribution in [0.2, 0.25) is 0 Å². The number of anilines is 1. The first-order chi connectivity index (χ1) is 13.2. The summed E-state index contributed by atoms with van der Waals surface area (Å²) in [6.45, 7) is 3.29. The number of rotatable bonds is 4. The van der Waals surface area contributed by atoms with Gasteiger partial charge in [0.25, 0.3) is 5.91 Å². The van der Waals surface area contributed by atoms with E-state index in [4.69, 9.17) is 0 Å². The summed E-state index contributed by atoms with van der Waals surface area (Å²) < 4.78 is 0. The third-order valence-electron chi connectivity index (χ3n) is 4.59. The first-order valence-electron chi connectivity index (χ1n) is 9.01. The average molecular weight is 363 g/mol. The average Bonchev–Trinajstić information content (AvgIpc) is 3.24. The van der Waals surface area contributed by atoms with Gasteiger partial charge < -0.3 is 10.2 Å². The Hall–Kier alpha value is -3.29. The van der Waals surface area contributed by atoms with E-state index in [0.29, 0.717) is 23.7 Å². The van der Waals surface area contributed by atoms with Gasteiger partial charge in [-0.1, -0.05) is 12.1 Å². The Morgan fingerprint density at radius 1 is 1.15 bits per heavy atom. The maximum Gasteiger partial charge on any atom is 0.256 e. The van der Waals surface area contributed by atoms with Crippen molar-refractivity contribution >= 4 is 11.9 Å². The fourth-order valence-corrected chi connectivity index (χ4v) is 3.27. The Morgan fingerprint density at radius 3 is 2.67 bits per heavy atom. The second-order valence-corrected chi connectivity index (χ2v) is 6.65. The molecule has 27 heavy (non-hydrogen) atoms. The molecule has 1 aromatic carbocycles. The van der Waals surface area contributed by atoms with Gasteiger partial charge in [0, 0.05) is 31.5 Å². The van der Waals surface area contributed by atoms with Gasteiger partial charge in [-0.2, -0.15) is 15.0 Å². The molecule has 3 heterocycles. The molecule has 1 N–H and O–H groups in total. The summed E-state index contributed by atoms with van der Waals surface area (Å²) in [5, 5.41) is 11.7. The van der Waals surface area contributed by atoms with Gasteiger partial charge in [0.15, 0.2) is 0 Å². The van der Waals surface area contributed by atoms with Crippen molar-refractivity contribution < 1.29 is 4.79 Å². The molecule has 3 aromatic rings. The Morgan fingerprint density at radius 2 is 1.89 bits per heavy atom. The van der Waals surface area contributed by atoms with Crippen molar-refractivity contribution in [3.63, 3.8) is 0 Å². The number of hydrogen-bond donors (Lipinski definition) is 1. The third-order valence-corrected chi connectivity index (χ3v) is 4.59. The molecule has 0 bridgehead atoms. The number of nitrogens with one attached hydrogen (secondary N) is 1. The smallest absolute Gasteiger partial charge is 0.256 e. The minimum Gasteiger partial charge on any atom is -0.350 e. The first-order valence-corrected chi connectivity index (χ1v) is 9.01. The second kappa shape index (κ2) is 7.53. The van der Waals surface area contributed by atoms with Gasteiger partial charge in [-0.15, -0.1) is 0 Å². The zero-order chi connectivity index (χ0) is 18.6. The second-order valence-electron chi connectivity index (χ2n) is 6.65. The zero-order valence-corrected chi connectivity index (χ0v) is 15.1. The monoisotopic (exact) mass is 363 g/mol. The van der Waals surface area contributed by atoms with Crippen molar-refractivity contribution in [3.8, 4) is 5.69 Å². The Balaban J connectivity index is 1.50. The highest BCUT2D eigenvalue weighted by Gasteiger charge is 2.26. The fourth-order valence-electron chi connectivity index (χ4n) is 3.27. The molecule has 8 nitrogen and oxygen atoms in total. The van der Waals surface area contributed by atoms with E-state index < -0.39 is 0 Å². The third kappa shape index (κ3) is 3.79. The lowest BCUT2D eigenvalue weighted by Crippen LogP contribution is -2.45. The van der Waals surface area contributed by atoms with Crippen LogP contribution < -0.4 is 5.32 Å². The molecule has 0 aliphatic carbocycles. The fraction of sp³-hybridized carbons (Fsp3) is 0.316. The molecule has 0 radical (unpaired) electrons. The summed E-state index contributed by atoms with van der Waals surface area (Å²) in [6, 6.07) is 7.54. The van der Waals surface area contributed by atoms with Crippen molar-refractivity contribution in [1.29, 1.82) is 0 Å². The van der Waals surface area contributed by atoms with Crippen LogP contribution in [0.1, 0.15) is 28.8 Å². The summed E-state index contributed by atoms with van der Waals surface area (Å²) in [5.41, 5.74) is 2.30. The number of carbonyl (C=O) groups excluding carboxylic acids is 1. The van der Waals surface area contributed by atoms with Crippen molar-refractivity contribution in [2.75, 3.05) is 18.4 Å². The number of amides is 1. The van der Waals surface area contributed by atoms with E-state index in [0.717, 1.165) is 24.9 Å². The van der Waals surface area contributed by atoms with Crippen molar-refractivity contribution in [2.45, 2.75) is 25.8 Å². The molecular formula is C19H21N7O. The Labute approximate surface area is 157 Å². The highest BCUT2D eigenvalue weighted by Crippen LogP contribution is 2.19. The number of nitrogens with zero attached hydrogens (tertiary/aromatic N) is 6. The van der Waals surface area contributed by atoms with Crippen LogP contribution >= 0.6 is 0 Å². The molecule has 2 aromatic heterocycles. The molecule has 4 rings (SSSR count). The number of carbonyl (C=O) groups is 1. The molecule has 1 amide bonds. The molecule has 0 saturated carbocycles. The van der Waals surface area contributed by atoms with Gasteiger partial charge in [-0.05, 0) is 37.5 Å². The number of hydrogen-bond acceptors (Lipinski definition) is 6. The summed E-state index contributed by atoms with van der Waals surface area (Å²) in [5.74, 6) is 0.584. The summed E-state index contributed by atoms with van der Waals surface area (Å²) in [4.78, 5) is 25.1. The van der Waals surface area contributed by atoms with Gasteiger partial charge in [0.2, 0.25) is 5.95 Å². The molecule has 138 valence electrons.